The Hall–Kier alpha value is -2.41. The summed E-state index contributed by atoms with van der Waals surface area (Å²) in [5.74, 6) is 0.0138. The lowest BCUT2D eigenvalue weighted by atomic mass is 10.1. The fourth-order valence-corrected chi connectivity index (χ4v) is 2.90. The minimum atomic E-state index is -0.446. The maximum absolute atomic E-state index is 12.1. The Morgan fingerprint density at radius 3 is 2.75 bits per heavy atom. The third-order valence-electron chi connectivity index (χ3n) is 3.13. The molecule has 0 unspecified atom stereocenters. The molecule has 0 N–H and O–H groups in total. The van der Waals surface area contributed by atoms with E-state index >= 15 is 0 Å². The van der Waals surface area contributed by atoms with Crippen molar-refractivity contribution in [2.24, 2.45) is 0 Å². The number of ether oxygens (including phenoxy) is 2. The Kier molecular flexibility index (Phi) is 5.92. The summed E-state index contributed by atoms with van der Waals surface area (Å²) in [4.78, 5) is 25.8. The van der Waals surface area contributed by atoms with Gasteiger partial charge in [0.15, 0.2) is 11.3 Å². The van der Waals surface area contributed by atoms with E-state index < -0.39 is 5.97 Å². The number of carbonyl (C=O) groups is 2. The average Bonchev–Trinajstić information content (AvgIpc) is 3.00. The highest BCUT2D eigenvalue weighted by atomic mass is 32.2. The summed E-state index contributed by atoms with van der Waals surface area (Å²) in [6, 6.07) is 3.63. The first-order valence-corrected chi connectivity index (χ1v) is 8.11. The molecule has 128 valence electrons. The third-order valence-corrected chi connectivity index (χ3v) is 4.29. The van der Waals surface area contributed by atoms with Crippen LogP contribution in [0.5, 0.6) is 5.75 Å². The molecule has 1 amide bonds. The average molecular weight is 349 g/mol. The van der Waals surface area contributed by atoms with Crippen LogP contribution in [0.1, 0.15) is 12.5 Å². The number of thioether (sulfide) groups is 1. The Balaban J connectivity index is 2.53. The zero-order valence-corrected chi connectivity index (χ0v) is 14.8. The van der Waals surface area contributed by atoms with Crippen LogP contribution in [-0.2, 0) is 9.53 Å². The first-order chi connectivity index (χ1) is 11.5. The number of rotatable bonds is 5. The zero-order valence-electron chi connectivity index (χ0n) is 14.0. The molecular formula is C17H19NO5S. The lowest BCUT2D eigenvalue weighted by Crippen LogP contribution is -2.16. The molecule has 0 spiro atoms. The first kappa shape index (κ1) is 17.9. The Labute approximate surface area is 144 Å². The number of hydrogen-bond donors (Lipinski definition) is 0. The molecule has 0 fully saturated rings. The molecule has 0 bridgehead atoms. The highest BCUT2D eigenvalue weighted by molar-refractivity contribution is 8.13. The smallest absolute Gasteiger partial charge is 0.330 e. The van der Waals surface area contributed by atoms with Crippen molar-refractivity contribution < 1.29 is 23.5 Å². The van der Waals surface area contributed by atoms with Crippen LogP contribution in [0.3, 0.4) is 0 Å². The van der Waals surface area contributed by atoms with Gasteiger partial charge in [0.1, 0.15) is 0 Å². The second kappa shape index (κ2) is 7.92. The van der Waals surface area contributed by atoms with Crippen molar-refractivity contribution in [1.82, 2.24) is 4.90 Å². The van der Waals surface area contributed by atoms with Crippen LogP contribution in [0.4, 0.5) is 4.79 Å². The number of amides is 1. The van der Waals surface area contributed by atoms with Gasteiger partial charge in [0.25, 0.3) is 5.24 Å². The Bertz CT molecular complexity index is 779. The van der Waals surface area contributed by atoms with Gasteiger partial charge in [-0.2, -0.15) is 0 Å². The number of furan rings is 1. The number of carbonyl (C=O) groups excluding carboxylic acids is 2. The summed E-state index contributed by atoms with van der Waals surface area (Å²) in [5.41, 5.74) is 1.23. The van der Waals surface area contributed by atoms with E-state index in [4.69, 9.17) is 13.9 Å². The third kappa shape index (κ3) is 3.91. The van der Waals surface area contributed by atoms with E-state index in [9.17, 15) is 9.59 Å². The van der Waals surface area contributed by atoms with Gasteiger partial charge in [-0.1, -0.05) is 0 Å². The molecule has 0 aliphatic carbocycles. The van der Waals surface area contributed by atoms with Gasteiger partial charge in [0.05, 0.1) is 24.9 Å². The number of fused-ring (bicyclic) bond motifs is 1. The van der Waals surface area contributed by atoms with Gasteiger partial charge < -0.3 is 18.8 Å². The molecule has 0 atom stereocenters. The molecule has 0 radical (unpaired) electrons. The highest BCUT2D eigenvalue weighted by Gasteiger charge is 2.20. The minimum absolute atomic E-state index is 0.162. The van der Waals surface area contributed by atoms with Crippen molar-refractivity contribution in [3.63, 3.8) is 0 Å². The van der Waals surface area contributed by atoms with E-state index in [1.165, 1.54) is 18.1 Å². The van der Waals surface area contributed by atoms with Crippen LogP contribution in [0.15, 0.2) is 33.8 Å². The molecule has 0 aliphatic rings. The summed E-state index contributed by atoms with van der Waals surface area (Å²) >= 11 is 1.01. The summed E-state index contributed by atoms with van der Waals surface area (Å²) in [6.45, 7) is 2.04. The molecule has 24 heavy (non-hydrogen) atoms. The van der Waals surface area contributed by atoms with Crippen molar-refractivity contribution in [2.45, 2.75) is 11.8 Å². The summed E-state index contributed by atoms with van der Waals surface area (Å²) in [5, 5.41) is 0.655. The van der Waals surface area contributed by atoms with E-state index in [2.05, 4.69) is 0 Å². The molecule has 7 heteroatoms. The number of methoxy groups -OCH3 is 1. The van der Waals surface area contributed by atoms with Gasteiger partial charge in [0, 0.05) is 25.6 Å². The standard InChI is InChI=1S/C17H19NO5S/c1-5-22-13(19)7-6-12-10-11-8-9-23-14(11)15(21-4)16(12)24-17(20)18(2)3/h6-10H,5H2,1-4H3/b7-6+. The number of nitrogens with zero attached hydrogens (tertiary/aromatic N) is 1. The summed E-state index contributed by atoms with van der Waals surface area (Å²) < 4.78 is 15.8. The van der Waals surface area contributed by atoms with Gasteiger partial charge in [-0.25, -0.2) is 4.79 Å². The van der Waals surface area contributed by atoms with Crippen molar-refractivity contribution >= 4 is 40.0 Å². The maximum Gasteiger partial charge on any atom is 0.330 e. The van der Waals surface area contributed by atoms with E-state index in [0.717, 1.165) is 17.1 Å². The molecule has 6 nitrogen and oxygen atoms in total. The van der Waals surface area contributed by atoms with Crippen LogP contribution in [0, 0.1) is 0 Å². The van der Waals surface area contributed by atoms with Crippen LogP contribution in [0.25, 0.3) is 17.0 Å². The Morgan fingerprint density at radius 2 is 2.12 bits per heavy atom. The molecule has 2 aromatic rings. The van der Waals surface area contributed by atoms with Crippen LogP contribution < -0.4 is 4.74 Å². The monoisotopic (exact) mass is 349 g/mol. The van der Waals surface area contributed by atoms with E-state index in [1.807, 2.05) is 6.07 Å². The molecule has 0 aliphatic heterocycles. The van der Waals surface area contributed by atoms with Crippen molar-refractivity contribution in [2.75, 3.05) is 27.8 Å². The fourth-order valence-electron chi connectivity index (χ4n) is 2.03. The first-order valence-electron chi connectivity index (χ1n) is 7.30. The van der Waals surface area contributed by atoms with E-state index in [-0.39, 0.29) is 5.24 Å². The van der Waals surface area contributed by atoms with Crippen LogP contribution in [-0.4, -0.2) is 43.9 Å². The molecule has 0 saturated carbocycles. The van der Waals surface area contributed by atoms with E-state index in [1.54, 1.807) is 39.4 Å². The number of hydrogen-bond acceptors (Lipinski definition) is 6. The van der Waals surface area contributed by atoms with Gasteiger partial charge >= 0.3 is 5.97 Å². The van der Waals surface area contributed by atoms with Crippen LogP contribution in [0.2, 0.25) is 0 Å². The van der Waals surface area contributed by atoms with E-state index in [0.29, 0.717) is 28.4 Å². The molecular weight excluding hydrogens is 330 g/mol. The van der Waals surface area contributed by atoms with Gasteiger partial charge in [0.2, 0.25) is 0 Å². The normalized spacial score (nSPS) is 11.0. The Morgan fingerprint density at radius 1 is 1.38 bits per heavy atom. The molecule has 1 heterocycles. The molecule has 1 aromatic heterocycles. The summed E-state index contributed by atoms with van der Waals surface area (Å²) in [6.07, 6.45) is 4.49. The van der Waals surface area contributed by atoms with Crippen molar-refractivity contribution in [1.29, 1.82) is 0 Å². The SMILES string of the molecule is CCOC(=O)/C=C/c1cc2ccoc2c(OC)c1SC(=O)N(C)C. The van der Waals surface area contributed by atoms with Gasteiger partial charge in [-0.05, 0) is 42.5 Å². The predicted octanol–water partition coefficient (Wildman–Crippen LogP) is 3.79. The second-order valence-corrected chi connectivity index (χ2v) is 5.98. The second-order valence-electron chi connectivity index (χ2n) is 5.01. The number of benzene rings is 1. The fraction of sp³-hybridized carbons (Fsp3) is 0.294. The quantitative estimate of drug-likeness (QED) is 0.465. The topological polar surface area (TPSA) is 69.0 Å². The van der Waals surface area contributed by atoms with Crippen molar-refractivity contribution in [3.05, 3.63) is 30.0 Å². The molecule has 1 aromatic carbocycles. The zero-order chi connectivity index (χ0) is 17.7. The van der Waals surface area contributed by atoms with Crippen molar-refractivity contribution in [3.8, 4) is 5.75 Å². The predicted molar refractivity (Wildman–Crippen MR) is 93.4 cm³/mol. The lowest BCUT2D eigenvalue weighted by molar-refractivity contribution is -0.137. The summed E-state index contributed by atoms with van der Waals surface area (Å²) in [7, 11) is 4.85. The molecule has 0 saturated heterocycles. The molecule has 2 rings (SSSR count). The number of esters is 1. The largest absolute Gasteiger partial charge is 0.492 e. The highest BCUT2D eigenvalue weighted by Crippen LogP contribution is 2.41. The lowest BCUT2D eigenvalue weighted by Gasteiger charge is -2.14. The van der Waals surface area contributed by atoms with Gasteiger partial charge in [-0.3, -0.25) is 4.79 Å². The maximum atomic E-state index is 12.1. The van der Waals surface area contributed by atoms with Gasteiger partial charge in [-0.15, -0.1) is 0 Å². The minimum Gasteiger partial charge on any atom is -0.492 e. The van der Waals surface area contributed by atoms with Crippen LogP contribution >= 0.6 is 11.8 Å².